The van der Waals surface area contributed by atoms with Crippen LogP contribution < -0.4 is 10.6 Å². The van der Waals surface area contributed by atoms with Crippen LogP contribution in [0.15, 0.2) is 61.2 Å². The number of nitrogens with zero attached hydrogens (tertiary/aromatic N) is 1. The van der Waals surface area contributed by atoms with Gasteiger partial charge in [-0.3, -0.25) is 0 Å². The van der Waals surface area contributed by atoms with Gasteiger partial charge in [-0.05, 0) is 86.6 Å². The maximum atomic E-state index is 13.2. The first kappa shape index (κ1) is 27.5. The molecule has 4 saturated carbocycles. The van der Waals surface area contributed by atoms with E-state index >= 15 is 0 Å². The van der Waals surface area contributed by atoms with Gasteiger partial charge in [0.1, 0.15) is 0 Å². The molecule has 214 valence electrons. The molecule has 7 heteroatoms. The number of urea groups is 1. The number of ether oxygens (including phenoxy) is 2. The zero-order valence-electron chi connectivity index (χ0n) is 23.6. The average molecular weight is 546 g/mol. The van der Waals surface area contributed by atoms with Gasteiger partial charge in [-0.2, -0.15) is 0 Å². The Morgan fingerprint density at radius 1 is 1.02 bits per heavy atom. The Labute approximate surface area is 237 Å². The van der Waals surface area contributed by atoms with Gasteiger partial charge in [0.15, 0.2) is 6.29 Å². The number of aliphatic hydroxyl groups is 1. The van der Waals surface area contributed by atoms with Gasteiger partial charge in [-0.1, -0.05) is 42.5 Å². The van der Waals surface area contributed by atoms with E-state index in [0.717, 1.165) is 78.9 Å². The lowest BCUT2D eigenvalue weighted by Gasteiger charge is -2.56. The van der Waals surface area contributed by atoms with Gasteiger partial charge < -0.3 is 30.1 Å². The second-order valence-electron chi connectivity index (χ2n) is 12.8. The summed E-state index contributed by atoms with van der Waals surface area (Å²) in [7, 11) is 2.06. The Kier molecular flexibility index (Phi) is 8.00. The summed E-state index contributed by atoms with van der Waals surface area (Å²) in [5.41, 5.74) is 3.52. The third kappa shape index (κ3) is 6.13. The lowest BCUT2D eigenvalue weighted by atomic mass is 9.53. The van der Waals surface area contributed by atoms with E-state index in [0.29, 0.717) is 0 Å². The molecule has 1 saturated heterocycles. The third-order valence-corrected chi connectivity index (χ3v) is 9.40. The van der Waals surface area contributed by atoms with E-state index in [1.54, 1.807) is 0 Å². The molecule has 4 bridgehead atoms. The van der Waals surface area contributed by atoms with Crippen LogP contribution in [0.5, 0.6) is 0 Å². The standard InChI is InChI=1S/C33H43N3O4/c1-3-11-36(2)20-29-16-30(26-9-7-22(21-37)8-10-26)40-31(39-29)27-5-4-6-28(15-27)34-32(38)35-33-17-23-12-24(18-33)14-25(13-23)19-33/h3-10,15,23-25,29-31,37H,1,11-14,16-21H2,2H3,(H2,34,35,38)/t23?,24?,25?,29-,30+,31+,33?/m0/s1. The maximum absolute atomic E-state index is 13.2. The topological polar surface area (TPSA) is 83.1 Å². The van der Waals surface area contributed by atoms with E-state index in [2.05, 4.69) is 29.2 Å². The van der Waals surface area contributed by atoms with Crippen LogP contribution in [0.3, 0.4) is 0 Å². The van der Waals surface area contributed by atoms with Crippen molar-refractivity contribution >= 4 is 11.7 Å². The van der Waals surface area contributed by atoms with Crippen molar-refractivity contribution in [2.75, 3.05) is 25.5 Å². The van der Waals surface area contributed by atoms with Crippen LogP contribution in [-0.4, -0.2) is 47.8 Å². The average Bonchev–Trinajstić information content (AvgIpc) is 2.92. The predicted octanol–water partition coefficient (Wildman–Crippen LogP) is 5.93. The van der Waals surface area contributed by atoms with Crippen LogP contribution in [-0.2, 0) is 16.1 Å². The number of hydrogen-bond donors (Lipinski definition) is 3. The summed E-state index contributed by atoms with van der Waals surface area (Å²) in [6, 6.07) is 15.6. The van der Waals surface area contributed by atoms with E-state index in [1.165, 1.54) is 19.3 Å². The Morgan fingerprint density at radius 3 is 2.38 bits per heavy atom. The smallest absolute Gasteiger partial charge is 0.319 e. The van der Waals surface area contributed by atoms with Gasteiger partial charge in [0.2, 0.25) is 0 Å². The summed E-state index contributed by atoms with van der Waals surface area (Å²) < 4.78 is 13.0. The molecule has 5 fully saturated rings. The Hall–Kier alpha value is -2.71. The summed E-state index contributed by atoms with van der Waals surface area (Å²) in [6.45, 7) is 5.41. The van der Waals surface area contributed by atoms with Gasteiger partial charge in [0, 0.05) is 36.3 Å². The van der Waals surface area contributed by atoms with E-state index in [1.807, 2.05) is 54.6 Å². The lowest BCUT2D eigenvalue weighted by molar-refractivity contribution is -0.252. The van der Waals surface area contributed by atoms with Crippen molar-refractivity contribution in [1.29, 1.82) is 0 Å². The molecular formula is C33H43N3O4. The van der Waals surface area contributed by atoms with Crippen LogP contribution in [0.25, 0.3) is 0 Å². The quantitative estimate of drug-likeness (QED) is 0.340. The molecule has 2 aromatic rings. The second-order valence-corrected chi connectivity index (χ2v) is 12.8. The molecule has 0 unspecified atom stereocenters. The highest BCUT2D eigenvalue weighted by atomic mass is 16.7. The van der Waals surface area contributed by atoms with Crippen LogP contribution in [0.1, 0.15) is 74.0 Å². The lowest BCUT2D eigenvalue weighted by Crippen LogP contribution is -2.60. The molecule has 2 amide bonds. The fourth-order valence-electron chi connectivity index (χ4n) is 8.11. The first-order valence-corrected chi connectivity index (χ1v) is 14.9. The molecule has 5 aliphatic rings. The molecule has 40 heavy (non-hydrogen) atoms. The summed E-state index contributed by atoms with van der Waals surface area (Å²) in [6.07, 6.45) is 9.29. The fourth-order valence-corrected chi connectivity index (χ4v) is 8.11. The number of amides is 2. The number of benzene rings is 2. The summed E-state index contributed by atoms with van der Waals surface area (Å²) >= 11 is 0. The van der Waals surface area contributed by atoms with Crippen LogP contribution in [0.2, 0.25) is 0 Å². The van der Waals surface area contributed by atoms with Crippen molar-refractivity contribution < 1.29 is 19.4 Å². The molecule has 3 atom stereocenters. The molecule has 3 N–H and O–H groups in total. The minimum atomic E-state index is -0.564. The summed E-state index contributed by atoms with van der Waals surface area (Å²) in [4.78, 5) is 15.4. The highest BCUT2D eigenvalue weighted by Crippen LogP contribution is 2.55. The molecule has 7 nitrogen and oxygen atoms in total. The molecule has 0 radical (unpaired) electrons. The Balaban J connectivity index is 1.15. The van der Waals surface area contributed by atoms with Gasteiger partial charge >= 0.3 is 6.03 Å². The number of aliphatic hydroxyl groups excluding tert-OH is 1. The number of likely N-dealkylation sites (N-methyl/N-ethyl adjacent to an activating group) is 1. The SMILES string of the molecule is C=CCN(C)C[C@@H]1C[C@H](c2ccc(CO)cc2)O[C@H](c2cccc(NC(=O)NC34CC5CC(CC(C5)C3)C4)c2)O1. The molecule has 7 rings (SSSR count). The van der Waals surface area contributed by atoms with Crippen molar-refractivity contribution in [3.8, 4) is 0 Å². The first-order valence-electron chi connectivity index (χ1n) is 14.9. The minimum Gasteiger partial charge on any atom is -0.392 e. The third-order valence-electron chi connectivity index (χ3n) is 9.40. The monoisotopic (exact) mass is 545 g/mol. The normalized spacial score (nSPS) is 32.7. The fraction of sp³-hybridized carbons (Fsp3) is 0.545. The van der Waals surface area contributed by atoms with Gasteiger partial charge in [-0.15, -0.1) is 6.58 Å². The second kappa shape index (κ2) is 11.6. The van der Waals surface area contributed by atoms with E-state index in [-0.39, 0.29) is 30.4 Å². The van der Waals surface area contributed by atoms with Crippen molar-refractivity contribution in [3.05, 3.63) is 77.9 Å². The first-order chi connectivity index (χ1) is 19.4. The van der Waals surface area contributed by atoms with Crippen molar-refractivity contribution in [3.63, 3.8) is 0 Å². The molecule has 1 heterocycles. The van der Waals surface area contributed by atoms with Crippen LogP contribution in [0.4, 0.5) is 10.5 Å². The highest BCUT2D eigenvalue weighted by molar-refractivity contribution is 5.89. The highest BCUT2D eigenvalue weighted by Gasteiger charge is 2.51. The van der Waals surface area contributed by atoms with Gasteiger partial charge in [0.05, 0.1) is 18.8 Å². The van der Waals surface area contributed by atoms with Crippen molar-refractivity contribution in [2.45, 2.75) is 75.6 Å². The maximum Gasteiger partial charge on any atom is 0.319 e. The molecule has 1 aliphatic heterocycles. The molecular weight excluding hydrogens is 502 g/mol. The van der Waals surface area contributed by atoms with Gasteiger partial charge in [0.25, 0.3) is 0 Å². The minimum absolute atomic E-state index is 0.0166. The predicted molar refractivity (Wildman–Crippen MR) is 156 cm³/mol. The molecule has 0 spiro atoms. The number of carbonyl (C=O) groups excluding carboxylic acids is 1. The van der Waals surface area contributed by atoms with Crippen molar-refractivity contribution in [2.24, 2.45) is 17.8 Å². The molecule has 4 aliphatic carbocycles. The molecule has 0 aromatic heterocycles. The van der Waals surface area contributed by atoms with Crippen molar-refractivity contribution in [1.82, 2.24) is 10.2 Å². The Bertz CT molecular complexity index is 1160. The largest absolute Gasteiger partial charge is 0.392 e. The number of carbonyl (C=O) groups is 1. The van der Waals surface area contributed by atoms with Crippen LogP contribution in [0, 0.1) is 17.8 Å². The zero-order valence-corrected chi connectivity index (χ0v) is 23.6. The summed E-state index contributed by atoms with van der Waals surface area (Å²) in [5.74, 6) is 2.34. The van der Waals surface area contributed by atoms with Gasteiger partial charge in [-0.25, -0.2) is 4.79 Å². The number of rotatable bonds is 9. The summed E-state index contributed by atoms with van der Waals surface area (Å²) in [5, 5.41) is 16.0. The number of hydrogen-bond acceptors (Lipinski definition) is 5. The number of nitrogens with one attached hydrogen (secondary N) is 2. The van der Waals surface area contributed by atoms with E-state index in [9.17, 15) is 9.90 Å². The Morgan fingerprint density at radius 2 is 1.73 bits per heavy atom. The molecule has 2 aromatic carbocycles. The zero-order chi connectivity index (χ0) is 27.7. The van der Waals surface area contributed by atoms with E-state index < -0.39 is 6.29 Å². The van der Waals surface area contributed by atoms with Crippen LogP contribution >= 0.6 is 0 Å². The number of anilines is 1. The van der Waals surface area contributed by atoms with E-state index in [4.69, 9.17) is 9.47 Å².